The molecule has 2 nitrogen and oxygen atoms in total. The Hall–Kier alpha value is -0.730. The first-order valence-electron chi connectivity index (χ1n) is 5.74. The molecule has 2 aliphatic rings. The van der Waals surface area contributed by atoms with Gasteiger partial charge in [-0.2, -0.15) is 0 Å². The molecule has 1 aliphatic heterocycles. The average molecular weight is 240 g/mol. The van der Waals surface area contributed by atoms with Gasteiger partial charge in [0.05, 0.1) is 0 Å². The fourth-order valence-electron chi connectivity index (χ4n) is 2.70. The van der Waals surface area contributed by atoms with Crippen molar-refractivity contribution < 1.29 is 4.74 Å². The topological polar surface area (TPSA) is 35.2 Å². The van der Waals surface area contributed by atoms with E-state index in [0.717, 1.165) is 12.2 Å². The largest absolute Gasteiger partial charge is 0.487 e. The molecule has 0 aromatic heterocycles. The van der Waals surface area contributed by atoms with Gasteiger partial charge < -0.3 is 10.5 Å². The van der Waals surface area contributed by atoms with Crippen LogP contribution in [-0.2, 0) is 0 Å². The van der Waals surface area contributed by atoms with Gasteiger partial charge in [-0.15, -0.1) is 12.4 Å². The van der Waals surface area contributed by atoms with Crippen molar-refractivity contribution in [1.29, 1.82) is 0 Å². The summed E-state index contributed by atoms with van der Waals surface area (Å²) in [7, 11) is 0. The molecule has 0 amide bonds. The van der Waals surface area contributed by atoms with E-state index in [1.54, 1.807) is 0 Å². The molecular weight excluding hydrogens is 222 g/mol. The van der Waals surface area contributed by atoms with Crippen molar-refractivity contribution in [1.82, 2.24) is 0 Å². The number of fused-ring (bicyclic) bond motifs is 1. The first-order valence-corrected chi connectivity index (χ1v) is 5.74. The normalized spacial score (nSPS) is 25.0. The van der Waals surface area contributed by atoms with Crippen molar-refractivity contribution >= 4 is 12.4 Å². The lowest BCUT2D eigenvalue weighted by Gasteiger charge is -2.47. The van der Waals surface area contributed by atoms with E-state index in [9.17, 15) is 0 Å². The molecule has 1 fully saturated rings. The molecule has 16 heavy (non-hydrogen) atoms. The van der Waals surface area contributed by atoms with Crippen LogP contribution in [0, 0.1) is 6.92 Å². The fourth-order valence-corrected chi connectivity index (χ4v) is 2.70. The second-order valence-corrected chi connectivity index (χ2v) is 4.99. The third-order valence-corrected chi connectivity index (χ3v) is 3.75. The van der Waals surface area contributed by atoms with E-state index in [2.05, 4.69) is 25.1 Å². The van der Waals surface area contributed by atoms with Crippen molar-refractivity contribution in [2.45, 2.75) is 44.2 Å². The van der Waals surface area contributed by atoms with Crippen LogP contribution in [0.3, 0.4) is 0 Å². The molecule has 1 aromatic carbocycles. The number of aryl methyl sites for hydroxylation is 1. The minimum absolute atomic E-state index is 0. The van der Waals surface area contributed by atoms with Gasteiger partial charge in [0.1, 0.15) is 11.4 Å². The van der Waals surface area contributed by atoms with Crippen LogP contribution in [0.15, 0.2) is 18.2 Å². The highest BCUT2D eigenvalue weighted by atomic mass is 35.5. The zero-order chi connectivity index (χ0) is 10.5. The van der Waals surface area contributed by atoms with Crippen LogP contribution in [0.1, 0.15) is 42.9 Å². The summed E-state index contributed by atoms with van der Waals surface area (Å²) in [5.41, 5.74) is 8.71. The Balaban J connectivity index is 0.000000963. The standard InChI is InChI=1S/C13H17NO.ClH/c1-9-3-4-10-11(14)8-13(5-2-6-13)15-12(10)7-9;/h3-4,7,11H,2,5-6,8,14H2,1H3;1H. The third kappa shape index (κ3) is 1.70. The van der Waals surface area contributed by atoms with Gasteiger partial charge in [0, 0.05) is 18.0 Å². The molecule has 1 aromatic rings. The zero-order valence-electron chi connectivity index (χ0n) is 9.53. The number of ether oxygens (including phenoxy) is 1. The summed E-state index contributed by atoms with van der Waals surface area (Å²) in [4.78, 5) is 0. The van der Waals surface area contributed by atoms with Gasteiger partial charge in [0.2, 0.25) is 0 Å². The summed E-state index contributed by atoms with van der Waals surface area (Å²) in [6, 6.07) is 6.51. The van der Waals surface area contributed by atoms with E-state index >= 15 is 0 Å². The molecule has 0 bridgehead atoms. The van der Waals surface area contributed by atoms with E-state index in [-0.39, 0.29) is 24.0 Å². The minimum Gasteiger partial charge on any atom is -0.487 e. The summed E-state index contributed by atoms with van der Waals surface area (Å²) in [5.74, 6) is 1.02. The van der Waals surface area contributed by atoms with Crippen molar-refractivity contribution in [3.05, 3.63) is 29.3 Å². The number of nitrogens with two attached hydrogens (primary N) is 1. The smallest absolute Gasteiger partial charge is 0.125 e. The van der Waals surface area contributed by atoms with Crippen LogP contribution in [-0.4, -0.2) is 5.60 Å². The van der Waals surface area contributed by atoms with Gasteiger partial charge in [-0.25, -0.2) is 0 Å². The van der Waals surface area contributed by atoms with Gasteiger partial charge >= 0.3 is 0 Å². The van der Waals surface area contributed by atoms with Crippen LogP contribution in [0.5, 0.6) is 5.75 Å². The van der Waals surface area contributed by atoms with E-state index in [0.29, 0.717) is 0 Å². The van der Waals surface area contributed by atoms with E-state index in [1.807, 2.05) is 0 Å². The van der Waals surface area contributed by atoms with Crippen LogP contribution in [0.2, 0.25) is 0 Å². The first-order chi connectivity index (χ1) is 7.19. The number of rotatable bonds is 0. The Labute approximate surface area is 103 Å². The highest BCUT2D eigenvalue weighted by molar-refractivity contribution is 5.85. The predicted octanol–water partition coefficient (Wildman–Crippen LogP) is 3.12. The molecule has 0 saturated heterocycles. The summed E-state index contributed by atoms with van der Waals surface area (Å²) < 4.78 is 6.13. The molecule has 1 unspecified atom stereocenters. The molecule has 1 saturated carbocycles. The number of benzene rings is 1. The monoisotopic (exact) mass is 239 g/mol. The molecule has 1 aliphatic carbocycles. The van der Waals surface area contributed by atoms with Crippen LogP contribution in [0.25, 0.3) is 0 Å². The highest BCUT2D eigenvalue weighted by Gasteiger charge is 2.44. The Morgan fingerprint density at radius 3 is 2.75 bits per heavy atom. The lowest BCUT2D eigenvalue weighted by molar-refractivity contribution is -0.0329. The Morgan fingerprint density at radius 1 is 1.38 bits per heavy atom. The highest BCUT2D eigenvalue weighted by Crippen LogP contribution is 2.48. The quantitative estimate of drug-likeness (QED) is 0.755. The van der Waals surface area contributed by atoms with Gasteiger partial charge in [0.25, 0.3) is 0 Å². The Morgan fingerprint density at radius 2 is 2.12 bits per heavy atom. The fraction of sp³-hybridized carbons (Fsp3) is 0.538. The Kier molecular flexibility index (Phi) is 2.89. The Bertz CT molecular complexity index is 401. The van der Waals surface area contributed by atoms with Crippen LogP contribution >= 0.6 is 12.4 Å². The molecule has 1 atom stereocenters. The maximum atomic E-state index is 6.20. The second kappa shape index (κ2) is 3.94. The molecule has 88 valence electrons. The summed E-state index contributed by atoms with van der Waals surface area (Å²) in [6.45, 7) is 2.09. The predicted molar refractivity (Wildman–Crippen MR) is 67.2 cm³/mol. The molecule has 1 spiro atoms. The SMILES string of the molecule is Cc1ccc2c(c1)OC1(CCC1)CC2N.Cl. The molecular formula is C13H18ClNO. The van der Waals surface area contributed by atoms with Crippen molar-refractivity contribution in [2.75, 3.05) is 0 Å². The third-order valence-electron chi connectivity index (χ3n) is 3.75. The van der Waals surface area contributed by atoms with Gasteiger partial charge in [-0.05, 0) is 37.8 Å². The average Bonchev–Trinajstić information content (AvgIpc) is 2.14. The van der Waals surface area contributed by atoms with E-state index < -0.39 is 0 Å². The van der Waals surface area contributed by atoms with E-state index in [1.165, 1.54) is 30.4 Å². The lowest BCUT2D eigenvalue weighted by atomic mass is 9.73. The van der Waals surface area contributed by atoms with Crippen molar-refractivity contribution in [3.63, 3.8) is 0 Å². The first kappa shape index (κ1) is 11.7. The van der Waals surface area contributed by atoms with Gasteiger partial charge in [-0.3, -0.25) is 0 Å². The summed E-state index contributed by atoms with van der Waals surface area (Å²) in [5, 5.41) is 0. The maximum absolute atomic E-state index is 6.20. The maximum Gasteiger partial charge on any atom is 0.125 e. The van der Waals surface area contributed by atoms with Crippen molar-refractivity contribution in [3.8, 4) is 5.75 Å². The molecule has 0 radical (unpaired) electrons. The minimum atomic E-state index is 0. The van der Waals surface area contributed by atoms with Crippen LogP contribution in [0.4, 0.5) is 0 Å². The molecule has 3 heteroatoms. The summed E-state index contributed by atoms with van der Waals surface area (Å²) in [6.07, 6.45) is 4.62. The number of hydrogen-bond acceptors (Lipinski definition) is 2. The molecule has 2 N–H and O–H groups in total. The zero-order valence-corrected chi connectivity index (χ0v) is 10.3. The van der Waals surface area contributed by atoms with E-state index in [4.69, 9.17) is 10.5 Å². The van der Waals surface area contributed by atoms with Gasteiger partial charge in [0.15, 0.2) is 0 Å². The molecule has 3 rings (SSSR count). The number of halogens is 1. The molecule has 1 heterocycles. The van der Waals surface area contributed by atoms with Gasteiger partial charge in [-0.1, -0.05) is 12.1 Å². The second-order valence-electron chi connectivity index (χ2n) is 4.99. The summed E-state index contributed by atoms with van der Waals surface area (Å²) >= 11 is 0. The number of hydrogen-bond donors (Lipinski definition) is 1. The van der Waals surface area contributed by atoms with Crippen molar-refractivity contribution in [2.24, 2.45) is 5.73 Å². The lowest BCUT2D eigenvalue weighted by Crippen LogP contribution is -2.48. The van der Waals surface area contributed by atoms with Crippen LogP contribution < -0.4 is 10.5 Å².